The number of carbonyl (C=O) groups excluding carboxylic acids is 1. The first kappa shape index (κ1) is 13.9. The van der Waals surface area contributed by atoms with Gasteiger partial charge in [0.2, 0.25) is 5.91 Å². The molecule has 0 bridgehead atoms. The number of amides is 1. The third-order valence-corrected chi connectivity index (χ3v) is 3.78. The van der Waals surface area contributed by atoms with Crippen molar-refractivity contribution < 1.29 is 4.79 Å². The van der Waals surface area contributed by atoms with Gasteiger partial charge >= 0.3 is 0 Å². The predicted molar refractivity (Wildman–Crippen MR) is 79.8 cm³/mol. The number of rotatable bonds is 3. The smallest absolute Gasteiger partial charge is 0.244 e. The summed E-state index contributed by atoms with van der Waals surface area (Å²) in [5, 5.41) is 3.09. The van der Waals surface area contributed by atoms with Crippen LogP contribution >= 0.6 is 0 Å². The van der Waals surface area contributed by atoms with Crippen LogP contribution in [0.5, 0.6) is 0 Å². The van der Waals surface area contributed by atoms with Crippen LogP contribution in [-0.2, 0) is 4.79 Å². The summed E-state index contributed by atoms with van der Waals surface area (Å²) < 4.78 is 0. The van der Waals surface area contributed by atoms with Crippen LogP contribution in [0.1, 0.15) is 44.2 Å². The highest BCUT2D eigenvalue weighted by Crippen LogP contribution is 2.36. The molecule has 2 rings (SSSR count). The number of nitrogens with one attached hydrogen (secondary N) is 1. The van der Waals surface area contributed by atoms with Gasteiger partial charge in [0.15, 0.2) is 0 Å². The topological polar surface area (TPSA) is 29.1 Å². The summed E-state index contributed by atoms with van der Waals surface area (Å²) in [7, 11) is 0. The van der Waals surface area contributed by atoms with E-state index in [0.717, 1.165) is 18.4 Å². The van der Waals surface area contributed by atoms with Crippen molar-refractivity contribution in [3.63, 3.8) is 0 Å². The lowest BCUT2D eigenvalue weighted by Crippen LogP contribution is -2.32. The van der Waals surface area contributed by atoms with Crippen molar-refractivity contribution in [2.24, 2.45) is 5.41 Å². The molecule has 0 spiro atoms. The van der Waals surface area contributed by atoms with Gasteiger partial charge in [-0.25, -0.2) is 0 Å². The van der Waals surface area contributed by atoms with Gasteiger partial charge in [-0.2, -0.15) is 0 Å². The molecule has 1 unspecified atom stereocenters. The Hall–Kier alpha value is -1.57. The van der Waals surface area contributed by atoms with Crippen LogP contribution in [-0.4, -0.2) is 11.9 Å². The molecule has 0 saturated heterocycles. The van der Waals surface area contributed by atoms with Crippen LogP contribution in [0.2, 0.25) is 0 Å². The molecule has 1 fully saturated rings. The van der Waals surface area contributed by atoms with Crippen LogP contribution in [0.4, 0.5) is 0 Å². The maximum absolute atomic E-state index is 11.9. The molecule has 1 N–H and O–H groups in total. The Kier molecular flexibility index (Phi) is 4.08. The Morgan fingerprint density at radius 3 is 2.84 bits per heavy atom. The molecule has 1 aliphatic rings. The molecular weight excluding hydrogens is 234 g/mol. The van der Waals surface area contributed by atoms with Crippen molar-refractivity contribution in [2.45, 2.75) is 46.1 Å². The first-order valence-corrected chi connectivity index (χ1v) is 7.00. The third kappa shape index (κ3) is 4.23. The zero-order valence-corrected chi connectivity index (χ0v) is 12.1. The highest BCUT2D eigenvalue weighted by Gasteiger charge is 2.31. The Bertz CT molecular complexity index is 488. The molecule has 2 nitrogen and oxygen atoms in total. The average molecular weight is 257 g/mol. The Morgan fingerprint density at radius 1 is 1.42 bits per heavy atom. The SMILES string of the molecule is Cc1cccc(/C=C/C(=O)NC2CCC(C)(C)C2)c1. The van der Waals surface area contributed by atoms with Gasteiger partial charge < -0.3 is 5.32 Å². The zero-order chi connectivity index (χ0) is 13.9. The van der Waals surface area contributed by atoms with Gasteiger partial charge in [0, 0.05) is 12.1 Å². The molecule has 1 amide bonds. The molecular formula is C17H23NO. The van der Waals surface area contributed by atoms with E-state index in [4.69, 9.17) is 0 Å². The van der Waals surface area contributed by atoms with E-state index in [1.165, 1.54) is 12.0 Å². The van der Waals surface area contributed by atoms with E-state index in [0.29, 0.717) is 11.5 Å². The first-order valence-electron chi connectivity index (χ1n) is 7.00. The molecule has 0 radical (unpaired) electrons. The van der Waals surface area contributed by atoms with Crippen LogP contribution in [0.15, 0.2) is 30.3 Å². The molecule has 0 aliphatic heterocycles. The lowest BCUT2D eigenvalue weighted by atomic mass is 9.92. The van der Waals surface area contributed by atoms with Crippen LogP contribution in [0.25, 0.3) is 6.08 Å². The van der Waals surface area contributed by atoms with Crippen molar-refractivity contribution in [3.8, 4) is 0 Å². The molecule has 0 aromatic heterocycles. The number of carbonyl (C=O) groups is 1. The van der Waals surface area contributed by atoms with Crippen LogP contribution in [0, 0.1) is 12.3 Å². The zero-order valence-electron chi connectivity index (χ0n) is 12.1. The molecule has 1 atom stereocenters. The van der Waals surface area contributed by atoms with Gasteiger partial charge in [0.25, 0.3) is 0 Å². The van der Waals surface area contributed by atoms with Crippen LogP contribution in [0.3, 0.4) is 0 Å². The monoisotopic (exact) mass is 257 g/mol. The summed E-state index contributed by atoms with van der Waals surface area (Å²) in [5.74, 6) is 0.0178. The highest BCUT2D eigenvalue weighted by atomic mass is 16.1. The summed E-state index contributed by atoms with van der Waals surface area (Å²) >= 11 is 0. The summed E-state index contributed by atoms with van der Waals surface area (Å²) in [6.45, 7) is 6.58. The van der Waals surface area contributed by atoms with Crippen LogP contribution < -0.4 is 5.32 Å². The fraction of sp³-hybridized carbons (Fsp3) is 0.471. The molecule has 0 heterocycles. The average Bonchev–Trinajstić information content (AvgIpc) is 2.66. The number of hydrogen-bond acceptors (Lipinski definition) is 1. The summed E-state index contributed by atoms with van der Waals surface area (Å²) in [5.41, 5.74) is 2.65. The minimum absolute atomic E-state index is 0.0178. The first-order chi connectivity index (χ1) is 8.94. The largest absolute Gasteiger partial charge is 0.350 e. The van der Waals surface area contributed by atoms with E-state index in [9.17, 15) is 4.79 Å². The van der Waals surface area contributed by atoms with E-state index in [2.05, 4.69) is 38.2 Å². The van der Waals surface area contributed by atoms with Crippen molar-refractivity contribution in [2.75, 3.05) is 0 Å². The van der Waals surface area contributed by atoms with Gasteiger partial charge in [-0.05, 0) is 43.2 Å². The van der Waals surface area contributed by atoms with E-state index in [-0.39, 0.29) is 5.91 Å². The summed E-state index contributed by atoms with van der Waals surface area (Å²) in [6.07, 6.45) is 6.89. The fourth-order valence-electron chi connectivity index (χ4n) is 2.75. The number of aryl methyl sites for hydroxylation is 1. The minimum Gasteiger partial charge on any atom is -0.350 e. The molecule has 1 saturated carbocycles. The Morgan fingerprint density at radius 2 is 2.21 bits per heavy atom. The third-order valence-electron chi connectivity index (χ3n) is 3.78. The number of benzene rings is 1. The van der Waals surface area contributed by atoms with E-state index < -0.39 is 0 Å². The van der Waals surface area contributed by atoms with E-state index >= 15 is 0 Å². The summed E-state index contributed by atoms with van der Waals surface area (Å²) in [4.78, 5) is 11.9. The molecule has 1 aromatic rings. The van der Waals surface area contributed by atoms with Gasteiger partial charge in [-0.1, -0.05) is 43.7 Å². The quantitative estimate of drug-likeness (QED) is 0.822. The normalized spacial score (nSPS) is 21.7. The van der Waals surface area contributed by atoms with Gasteiger partial charge in [0.1, 0.15) is 0 Å². The Labute approximate surface area is 115 Å². The lowest BCUT2D eigenvalue weighted by Gasteiger charge is -2.17. The van der Waals surface area contributed by atoms with E-state index in [1.54, 1.807) is 6.08 Å². The van der Waals surface area contributed by atoms with Gasteiger partial charge in [0.05, 0.1) is 0 Å². The fourth-order valence-corrected chi connectivity index (χ4v) is 2.75. The molecule has 19 heavy (non-hydrogen) atoms. The van der Waals surface area contributed by atoms with Crippen molar-refractivity contribution in [3.05, 3.63) is 41.5 Å². The molecule has 102 valence electrons. The standard InChI is InChI=1S/C17H23NO/c1-13-5-4-6-14(11-13)7-8-16(19)18-15-9-10-17(2,3)12-15/h4-8,11,15H,9-10,12H2,1-3H3,(H,18,19)/b8-7+. The Balaban J connectivity index is 1.88. The predicted octanol–water partition coefficient (Wildman–Crippen LogP) is 3.70. The number of hydrogen-bond donors (Lipinski definition) is 1. The van der Waals surface area contributed by atoms with Crippen molar-refractivity contribution in [1.82, 2.24) is 5.32 Å². The van der Waals surface area contributed by atoms with E-state index in [1.807, 2.05) is 18.2 Å². The summed E-state index contributed by atoms with van der Waals surface area (Å²) in [6, 6.07) is 8.48. The minimum atomic E-state index is 0.0178. The second-order valence-corrected chi connectivity index (χ2v) is 6.36. The highest BCUT2D eigenvalue weighted by molar-refractivity contribution is 5.91. The van der Waals surface area contributed by atoms with Gasteiger partial charge in [-0.3, -0.25) is 4.79 Å². The molecule has 1 aliphatic carbocycles. The van der Waals surface area contributed by atoms with Gasteiger partial charge in [-0.15, -0.1) is 0 Å². The second-order valence-electron chi connectivity index (χ2n) is 6.36. The molecule has 1 aromatic carbocycles. The molecule has 2 heteroatoms. The second kappa shape index (κ2) is 5.60. The van der Waals surface area contributed by atoms with Crippen molar-refractivity contribution >= 4 is 12.0 Å². The van der Waals surface area contributed by atoms with Crippen molar-refractivity contribution in [1.29, 1.82) is 0 Å². The maximum Gasteiger partial charge on any atom is 0.244 e. The lowest BCUT2D eigenvalue weighted by molar-refractivity contribution is -0.117. The maximum atomic E-state index is 11.9.